The van der Waals surface area contributed by atoms with Crippen molar-refractivity contribution in [3.05, 3.63) is 75.1 Å². The molecule has 1 aromatic carbocycles. The van der Waals surface area contributed by atoms with Crippen LogP contribution < -0.4 is 16.6 Å². The van der Waals surface area contributed by atoms with Crippen molar-refractivity contribution in [2.24, 2.45) is 12.8 Å². The highest BCUT2D eigenvalue weighted by Crippen LogP contribution is 2.35. The number of sulfone groups is 1. The maximum Gasteiger partial charge on any atom is 0.255 e. The molecular formula is C26H29N5O3S2. The fraction of sp³-hybridized carbons (Fsp3) is 0.346. The van der Waals surface area contributed by atoms with Gasteiger partial charge in [0.05, 0.1) is 22.9 Å². The summed E-state index contributed by atoms with van der Waals surface area (Å²) in [6, 6.07) is 14.2. The summed E-state index contributed by atoms with van der Waals surface area (Å²) in [7, 11) is -1.32. The number of fused-ring (bicyclic) bond motifs is 1. The molecule has 0 radical (unpaired) electrons. The van der Waals surface area contributed by atoms with E-state index >= 15 is 0 Å². The number of nitrogens with one attached hydrogen (secondary N) is 1. The standard InChI is InChI=1S/C26H29N5O3S2/c1-16(22-7-8-23(35-22)19-6-4-3-5-18(19)14-27)30-24-21-13-20(17-9-11-36(33,34)12-10-17)26(32)31(2)25(21)29-15-28-24/h3-8,13,15-17H,9-12,14,27H2,1-2H3,(H,28,29,30)/t16-/m1/s1. The lowest BCUT2D eigenvalue weighted by Gasteiger charge is -2.23. The Kier molecular flexibility index (Phi) is 6.67. The SMILES string of the molecule is C[C@@H](Nc1ncnc2c1cc(C1CCS(=O)(=O)CC1)c(=O)n2C)c1ccc(-c2ccccc2CN)s1. The third kappa shape index (κ3) is 4.68. The van der Waals surface area contributed by atoms with Gasteiger partial charge < -0.3 is 11.1 Å². The van der Waals surface area contributed by atoms with Gasteiger partial charge in [-0.05, 0) is 55.0 Å². The molecule has 0 unspecified atom stereocenters. The fourth-order valence-corrected chi connectivity index (χ4v) is 7.41. The molecule has 0 aliphatic carbocycles. The minimum Gasteiger partial charge on any atom is -0.362 e. The van der Waals surface area contributed by atoms with E-state index in [1.54, 1.807) is 18.4 Å². The monoisotopic (exact) mass is 523 g/mol. The van der Waals surface area contributed by atoms with E-state index in [0.717, 1.165) is 26.3 Å². The average molecular weight is 524 g/mol. The van der Waals surface area contributed by atoms with Crippen LogP contribution in [0.25, 0.3) is 21.5 Å². The van der Waals surface area contributed by atoms with Gasteiger partial charge in [-0.3, -0.25) is 9.36 Å². The lowest BCUT2D eigenvalue weighted by atomic mass is 9.94. The maximum absolute atomic E-state index is 13.1. The third-order valence-electron chi connectivity index (χ3n) is 6.94. The van der Waals surface area contributed by atoms with Gasteiger partial charge in [0.1, 0.15) is 27.6 Å². The van der Waals surface area contributed by atoms with Crippen molar-refractivity contribution in [3.63, 3.8) is 0 Å². The fourth-order valence-electron chi connectivity index (χ4n) is 4.85. The number of nitrogens with zero attached hydrogens (tertiary/aromatic N) is 3. The van der Waals surface area contributed by atoms with Crippen LogP contribution >= 0.6 is 11.3 Å². The summed E-state index contributed by atoms with van der Waals surface area (Å²) >= 11 is 1.71. The van der Waals surface area contributed by atoms with Crippen LogP contribution in [0.15, 0.2) is 53.6 Å². The summed E-state index contributed by atoms with van der Waals surface area (Å²) in [5.41, 5.74) is 9.22. The zero-order valence-corrected chi connectivity index (χ0v) is 21.9. The van der Waals surface area contributed by atoms with Gasteiger partial charge in [-0.2, -0.15) is 0 Å². The number of hydrogen-bond acceptors (Lipinski definition) is 8. The van der Waals surface area contributed by atoms with Crippen molar-refractivity contribution in [1.82, 2.24) is 14.5 Å². The first-order valence-electron chi connectivity index (χ1n) is 12.0. The molecule has 36 heavy (non-hydrogen) atoms. The third-order valence-corrected chi connectivity index (χ3v) is 9.95. The van der Waals surface area contributed by atoms with Crippen molar-refractivity contribution in [2.45, 2.75) is 38.3 Å². The highest BCUT2D eigenvalue weighted by atomic mass is 32.2. The maximum atomic E-state index is 13.1. The molecule has 4 aromatic rings. The Bertz CT molecular complexity index is 1580. The quantitative estimate of drug-likeness (QED) is 0.392. The van der Waals surface area contributed by atoms with Gasteiger partial charge in [0.25, 0.3) is 5.56 Å². The lowest BCUT2D eigenvalue weighted by Crippen LogP contribution is -2.29. The molecule has 0 saturated carbocycles. The Morgan fingerprint density at radius 2 is 1.92 bits per heavy atom. The van der Waals surface area contributed by atoms with E-state index in [1.807, 2.05) is 24.3 Å². The summed E-state index contributed by atoms with van der Waals surface area (Å²) in [6.07, 6.45) is 2.37. The summed E-state index contributed by atoms with van der Waals surface area (Å²) < 4.78 is 25.4. The van der Waals surface area contributed by atoms with Crippen LogP contribution in [0.5, 0.6) is 0 Å². The Balaban J connectivity index is 1.47. The van der Waals surface area contributed by atoms with Crippen LogP contribution in [0, 0.1) is 0 Å². The normalized spacial score (nSPS) is 16.8. The van der Waals surface area contributed by atoms with E-state index < -0.39 is 9.84 Å². The molecule has 3 N–H and O–H groups in total. The predicted molar refractivity (Wildman–Crippen MR) is 145 cm³/mol. The molecule has 3 aromatic heterocycles. The first-order chi connectivity index (χ1) is 17.3. The largest absolute Gasteiger partial charge is 0.362 e. The molecule has 0 bridgehead atoms. The van der Waals surface area contributed by atoms with E-state index in [0.29, 0.717) is 36.4 Å². The minimum absolute atomic E-state index is 0.0348. The zero-order chi connectivity index (χ0) is 25.4. The van der Waals surface area contributed by atoms with E-state index in [2.05, 4.69) is 40.4 Å². The summed E-state index contributed by atoms with van der Waals surface area (Å²) in [6.45, 7) is 2.56. The number of aryl methyl sites for hydroxylation is 1. The van der Waals surface area contributed by atoms with Crippen LogP contribution in [-0.4, -0.2) is 34.5 Å². The van der Waals surface area contributed by atoms with Crippen LogP contribution in [0.4, 0.5) is 5.82 Å². The van der Waals surface area contributed by atoms with Crippen molar-refractivity contribution in [1.29, 1.82) is 0 Å². The number of thiophene rings is 1. The van der Waals surface area contributed by atoms with Gasteiger partial charge in [-0.25, -0.2) is 18.4 Å². The molecule has 4 heterocycles. The molecule has 1 fully saturated rings. The Hall–Kier alpha value is -3.08. The topological polar surface area (TPSA) is 120 Å². The average Bonchev–Trinajstić information content (AvgIpc) is 3.37. The van der Waals surface area contributed by atoms with Crippen molar-refractivity contribution < 1.29 is 8.42 Å². The van der Waals surface area contributed by atoms with Crippen LogP contribution in [0.3, 0.4) is 0 Å². The second kappa shape index (κ2) is 9.76. The molecular weight excluding hydrogens is 494 g/mol. The first-order valence-corrected chi connectivity index (χ1v) is 14.6. The summed E-state index contributed by atoms with van der Waals surface area (Å²) in [5.74, 6) is 0.773. The first kappa shape index (κ1) is 24.6. The van der Waals surface area contributed by atoms with Gasteiger partial charge in [0, 0.05) is 28.9 Å². The molecule has 1 atom stereocenters. The molecule has 0 amide bonds. The van der Waals surface area contributed by atoms with Gasteiger partial charge in [0.2, 0.25) is 0 Å². The van der Waals surface area contributed by atoms with Crippen LogP contribution in [-0.2, 0) is 23.4 Å². The molecule has 1 aliphatic rings. The van der Waals surface area contributed by atoms with Crippen LogP contribution in [0.2, 0.25) is 0 Å². The molecule has 1 aliphatic heterocycles. The molecule has 188 valence electrons. The van der Waals surface area contributed by atoms with Crippen molar-refractivity contribution >= 4 is 38.0 Å². The lowest BCUT2D eigenvalue weighted by molar-refractivity contribution is 0.546. The van der Waals surface area contributed by atoms with E-state index in [9.17, 15) is 13.2 Å². The molecule has 1 saturated heterocycles. The highest BCUT2D eigenvalue weighted by molar-refractivity contribution is 7.91. The van der Waals surface area contributed by atoms with Crippen molar-refractivity contribution in [2.75, 3.05) is 16.8 Å². The molecule has 0 spiro atoms. The zero-order valence-electron chi connectivity index (χ0n) is 20.3. The van der Waals surface area contributed by atoms with E-state index in [-0.39, 0.29) is 29.0 Å². The number of hydrogen-bond donors (Lipinski definition) is 2. The molecule has 5 rings (SSSR count). The highest BCUT2D eigenvalue weighted by Gasteiger charge is 2.28. The smallest absolute Gasteiger partial charge is 0.255 e. The number of aromatic nitrogens is 3. The number of pyridine rings is 1. The van der Waals surface area contributed by atoms with Crippen molar-refractivity contribution in [3.8, 4) is 10.4 Å². The van der Waals surface area contributed by atoms with Gasteiger partial charge in [0.15, 0.2) is 0 Å². The Labute approximate surface area is 214 Å². The Morgan fingerprint density at radius 3 is 2.67 bits per heavy atom. The number of benzene rings is 1. The number of rotatable bonds is 6. The van der Waals surface area contributed by atoms with E-state index in [1.165, 1.54) is 10.9 Å². The van der Waals surface area contributed by atoms with E-state index in [4.69, 9.17) is 5.73 Å². The second-order valence-electron chi connectivity index (χ2n) is 9.28. The molecule has 10 heteroatoms. The number of nitrogens with two attached hydrogens (primary N) is 1. The summed E-state index contributed by atoms with van der Waals surface area (Å²) in [5, 5.41) is 4.26. The predicted octanol–water partition coefficient (Wildman–Crippen LogP) is 3.98. The van der Waals surface area contributed by atoms with Gasteiger partial charge in [-0.1, -0.05) is 24.3 Å². The Morgan fingerprint density at radius 1 is 1.17 bits per heavy atom. The van der Waals surface area contributed by atoms with Gasteiger partial charge >= 0.3 is 0 Å². The molecule has 8 nitrogen and oxygen atoms in total. The van der Waals surface area contributed by atoms with Gasteiger partial charge in [-0.15, -0.1) is 11.3 Å². The minimum atomic E-state index is -3.02. The summed E-state index contributed by atoms with van der Waals surface area (Å²) in [4.78, 5) is 24.3. The van der Waals surface area contributed by atoms with Crippen LogP contribution in [0.1, 0.15) is 47.7 Å². The number of anilines is 1. The second-order valence-corrected chi connectivity index (χ2v) is 12.7.